The lowest BCUT2D eigenvalue weighted by Crippen LogP contribution is -2.40. The van der Waals surface area contributed by atoms with E-state index in [0.717, 1.165) is 11.3 Å². The van der Waals surface area contributed by atoms with E-state index in [1.54, 1.807) is 38.4 Å². The van der Waals surface area contributed by atoms with Gasteiger partial charge in [-0.3, -0.25) is 9.79 Å². The van der Waals surface area contributed by atoms with Crippen molar-refractivity contribution < 1.29 is 18.7 Å². The average Bonchev–Trinajstić information content (AvgIpc) is 2.72. The highest BCUT2D eigenvalue weighted by Gasteiger charge is 2.17. The minimum atomic E-state index is -0.478. The van der Waals surface area contributed by atoms with Crippen LogP contribution in [-0.4, -0.2) is 39.2 Å². The third-order valence-electron chi connectivity index (χ3n) is 4.26. The maximum atomic E-state index is 13.1. The third kappa shape index (κ3) is 7.69. The molecular weight excluding hydrogens is 502 g/mol. The van der Waals surface area contributed by atoms with E-state index in [2.05, 4.69) is 15.6 Å². The van der Waals surface area contributed by atoms with E-state index in [0.29, 0.717) is 30.5 Å². The molecule has 0 bridgehead atoms. The first kappa shape index (κ1) is 25.5. The molecule has 0 aliphatic heterocycles. The highest BCUT2D eigenvalue weighted by Crippen LogP contribution is 2.30. The summed E-state index contributed by atoms with van der Waals surface area (Å²) in [5, 5.41) is 6.24. The van der Waals surface area contributed by atoms with Crippen LogP contribution in [0.4, 0.5) is 10.1 Å². The van der Waals surface area contributed by atoms with Crippen LogP contribution in [0.25, 0.3) is 0 Å². The number of benzene rings is 2. The molecule has 0 fully saturated rings. The van der Waals surface area contributed by atoms with Crippen LogP contribution in [0.2, 0.25) is 0 Å². The highest BCUT2D eigenvalue weighted by molar-refractivity contribution is 14.0. The number of guanidine groups is 1. The van der Waals surface area contributed by atoms with Gasteiger partial charge in [0.1, 0.15) is 5.82 Å². The topological polar surface area (TPSA) is 98.0 Å². The van der Waals surface area contributed by atoms with Crippen LogP contribution < -0.4 is 25.8 Å². The zero-order valence-corrected chi connectivity index (χ0v) is 19.6. The van der Waals surface area contributed by atoms with E-state index in [1.165, 1.54) is 12.1 Å². The highest BCUT2D eigenvalue weighted by atomic mass is 127. The molecule has 164 valence electrons. The lowest BCUT2D eigenvalue weighted by molar-refractivity contribution is -0.121. The zero-order chi connectivity index (χ0) is 21.2. The van der Waals surface area contributed by atoms with Gasteiger partial charge in [0.25, 0.3) is 0 Å². The summed E-state index contributed by atoms with van der Waals surface area (Å²) < 4.78 is 23.9. The molecule has 2 aromatic carbocycles. The number of primary amides is 1. The molecule has 7 nitrogen and oxygen atoms in total. The Morgan fingerprint density at radius 1 is 1.20 bits per heavy atom. The van der Waals surface area contributed by atoms with Crippen LogP contribution in [0, 0.1) is 11.7 Å². The summed E-state index contributed by atoms with van der Waals surface area (Å²) >= 11 is 0. The molecule has 4 N–H and O–H groups in total. The van der Waals surface area contributed by atoms with Crippen molar-refractivity contribution in [1.82, 2.24) is 5.32 Å². The van der Waals surface area contributed by atoms with Gasteiger partial charge in [0.15, 0.2) is 17.5 Å². The maximum Gasteiger partial charge on any atom is 0.222 e. The number of carbonyl (C=O) groups excluding carboxylic acids is 1. The van der Waals surface area contributed by atoms with E-state index < -0.39 is 11.8 Å². The number of anilines is 1. The first-order valence-electron chi connectivity index (χ1n) is 9.29. The van der Waals surface area contributed by atoms with Crippen LogP contribution in [-0.2, 0) is 11.2 Å². The minimum absolute atomic E-state index is 0. The quantitative estimate of drug-likeness (QED) is 0.263. The molecule has 0 spiro atoms. The second-order valence-electron chi connectivity index (χ2n) is 6.31. The molecule has 30 heavy (non-hydrogen) atoms. The second kappa shape index (κ2) is 12.9. The molecule has 1 amide bonds. The van der Waals surface area contributed by atoms with Crippen molar-refractivity contribution in [1.29, 1.82) is 0 Å². The van der Waals surface area contributed by atoms with Crippen molar-refractivity contribution in [3.63, 3.8) is 0 Å². The Morgan fingerprint density at radius 3 is 2.47 bits per heavy atom. The summed E-state index contributed by atoms with van der Waals surface area (Å²) in [6.07, 6.45) is 0.399. The van der Waals surface area contributed by atoms with Crippen molar-refractivity contribution in [3.05, 3.63) is 53.8 Å². The Balaban J connectivity index is 0.00000450. The summed E-state index contributed by atoms with van der Waals surface area (Å²) in [5.74, 6) is 0.476. The van der Waals surface area contributed by atoms with Gasteiger partial charge in [0, 0.05) is 25.3 Å². The van der Waals surface area contributed by atoms with Crippen molar-refractivity contribution in [3.8, 4) is 11.5 Å². The number of methoxy groups -OCH3 is 1. The fourth-order valence-corrected chi connectivity index (χ4v) is 2.73. The van der Waals surface area contributed by atoms with Crippen LogP contribution in [0.1, 0.15) is 12.5 Å². The van der Waals surface area contributed by atoms with Crippen LogP contribution >= 0.6 is 24.0 Å². The molecular formula is C21H28FIN4O3. The predicted octanol–water partition coefficient (Wildman–Crippen LogP) is 3.18. The maximum absolute atomic E-state index is 13.1. The summed E-state index contributed by atoms with van der Waals surface area (Å²) in [4.78, 5) is 16.0. The van der Waals surface area contributed by atoms with E-state index >= 15 is 0 Å². The number of hydrogen-bond donors (Lipinski definition) is 3. The Bertz CT molecular complexity index is 847. The molecule has 0 heterocycles. The number of nitrogens with two attached hydrogens (primary N) is 1. The Labute approximate surface area is 193 Å². The molecule has 0 aliphatic carbocycles. The van der Waals surface area contributed by atoms with Gasteiger partial charge in [-0.25, -0.2) is 4.39 Å². The molecule has 1 unspecified atom stereocenters. The fourth-order valence-electron chi connectivity index (χ4n) is 2.73. The second-order valence-corrected chi connectivity index (χ2v) is 6.31. The Kier molecular flexibility index (Phi) is 10.9. The summed E-state index contributed by atoms with van der Waals surface area (Å²) in [5.41, 5.74) is 7.11. The predicted molar refractivity (Wildman–Crippen MR) is 127 cm³/mol. The van der Waals surface area contributed by atoms with Crippen molar-refractivity contribution in [2.24, 2.45) is 16.6 Å². The molecule has 0 saturated heterocycles. The standard InChI is InChI=1S/C21H27FN4O3.HI/c1-4-29-18-10-9-17(12-19(18)28-3)26-21(24-2)25-13-15(20(23)27)11-14-5-7-16(22)8-6-14;/h5-10,12,15H,4,11,13H2,1-3H3,(H2,23,27)(H2,24,25,26);1H. The number of rotatable bonds is 9. The zero-order valence-electron chi connectivity index (χ0n) is 17.3. The molecule has 1 atom stereocenters. The van der Waals surface area contributed by atoms with E-state index in [1.807, 2.05) is 13.0 Å². The molecule has 0 aliphatic rings. The van der Waals surface area contributed by atoms with Crippen molar-refractivity contribution in [2.75, 3.05) is 32.6 Å². The van der Waals surface area contributed by atoms with E-state index in [4.69, 9.17) is 15.2 Å². The molecule has 2 aromatic rings. The van der Waals surface area contributed by atoms with Crippen molar-refractivity contribution >= 4 is 41.5 Å². The molecule has 9 heteroatoms. The number of nitrogens with one attached hydrogen (secondary N) is 2. The van der Waals surface area contributed by atoms with Crippen molar-refractivity contribution in [2.45, 2.75) is 13.3 Å². The van der Waals surface area contributed by atoms with E-state index in [9.17, 15) is 9.18 Å². The van der Waals surface area contributed by atoms with Gasteiger partial charge in [-0.15, -0.1) is 24.0 Å². The van der Waals surface area contributed by atoms with Gasteiger partial charge in [-0.05, 0) is 43.2 Å². The number of hydrogen-bond acceptors (Lipinski definition) is 4. The number of ether oxygens (including phenoxy) is 2. The summed E-state index contributed by atoms with van der Waals surface area (Å²) in [7, 11) is 3.20. The Morgan fingerprint density at radius 2 is 1.90 bits per heavy atom. The number of halogens is 2. The summed E-state index contributed by atoms with van der Waals surface area (Å²) in [6.45, 7) is 2.72. The molecule has 0 radical (unpaired) electrons. The minimum Gasteiger partial charge on any atom is -0.493 e. The molecule has 0 saturated carbocycles. The van der Waals surface area contributed by atoms with Gasteiger partial charge >= 0.3 is 0 Å². The lowest BCUT2D eigenvalue weighted by Gasteiger charge is -2.18. The first-order chi connectivity index (χ1) is 14.0. The van der Waals surface area contributed by atoms with Crippen LogP contribution in [0.15, 0.2) is 47.5 Å². The van der Waals surface area contributed by atoms with Crippen LogP contribution in [0.5, 0.6) is 11.5 Å². The van der Waals surface area contributed by atoms with Gasteiger partial charge in [-0.2, -0.15) is 0 Å². The fraction of sp³-hybridized carbons (Fsp3) is 0.333. The van der Waals surface area contributed by atoms with E-state index in [-0.39, 0.29) is 36.3 Å². The normalized spacial score (nSPS) is 11.8. The van der Waals surface area contributed by atoms with Gasteiger partial charge < -0.3 is 25.8 Å². The number of aliphatic imine (C=N–C) groups is 1. The lowest BCUT2D eigenvalue weighted by atomic mass is 9.98. The molecule has 2 rings (SSSR count). The Hall–Kier alpha value is -2.56. The smallest absolute Gasteiger partial charge is 0.222 e. The van der Waals surface area contributed by atoms with Gasteiger partial charge in [0.2, 0.25) is 5.91 Å². The average molecular weight is 530 g/mol. The number of nitrogens with zero attached hydrogens (tertiary/aromatic N) is 1. The first-order valence-corrected chi connectivity index (χ1v) is 9.29. The third-order valence-corrected chi connectivity index (χ3v) is 4.26. The van der Waals surface area contributed by atoms with Gasteiger partial charge in [-0.1, -0.05) is 12.1 Å². The van der Waals surface area contributed by atoms with Crippen LogP contribution in [0.3, 0.4) is 0 Å². The number of amides is 1. The largest absolute Gasteiger partial charge is 0.493 e. The monoisotopic (exact) mass is 530 g/mol. The SMILES string of the molecule is CCOc1ccc(NC(=NC)NCC(Cc2ccc(F)cc2)C(N)=O)cc1OC.I. The number of carbonyl (C=O) groups is 1. The summed E-state index contributed by atoms with van der Waals surface area (Å²) in [6, 6.07) is 11.4. The van der Waals surface area contributed by atoms with Gasteiger partial charge in [0.05, 0.1) is 19.6 Å². The molecule has 0 aromatic heterocycles.